The lowest BCUT2D eigenvalue weighted by Crippen LogP contribution is -2.36. The third-order valence-electron chi connectivity index (χ3n) is 2.32. The first-order valence-electron chi connectivity index (χ1n) is 5.57. The van der Waals surface area contributed by atoms with E-state index < -0.39 is 6.10 Å². The van der Waals surface area contributed by atoms with E-state index >= 15 is 0 Å². The second-order valence-electron chi connectivity index (χ2n) is 3.92. The Bertz CT molecular complexity index is 372. The zero-order chi connectivity index (χ0) is 12.8. The van der Waals surface area contributed by atoms with Crippen molar-refractivity contribution in [3.63, 3.8) is 0 Å². The summed E-state index contributed by atoms with van der Waals surface area (Å²) in [6.07, 6.45) is 5.23. The third kappa shape index (κ3) is 4.08. The van der Waals surface area contributed by atoms with E-state index in [2.05, 4.69) is 15.8 Å². The highest BCUT2D eigenvalue weighted by molar-refractivity contribution is 5.61. The van der Waals surface area contributed by atoms with Crippen LogP contribution in [0.25, 0.3) is 5.70 Å². The fourth-order valence-electron chi connectivity index (χ4n) is 1.49. The molecule has 6 heteroatoms. The van der Waals surface area contributed by atoms with Gasteiger partial charge in [0.05, 0.1) is 24.5 Å². The molecule has 3 N–H and O–H groups in total. The van der Waals surface area contributed by atoms with Gasteiger partial charge in [0.2, 0.25) is 0 Å². The minimum absolute atomic E-state index is 0.397. The van der Waals surface area contributed by atoms with E-state index in [1.165, 1.54) is 0 Å². The molecule has 1 aromatic heterocycles. The number of hydrazine groups is 1. The molecule has 1 rings (SSSR count). The molecule has 0 radical (unpaired) electrons. The Morgan fingerprint density at radius 2 is 2.35 bits per heavy atom. The Labute approximate surface area is 102 Å². The lowest BCUT2D eigenvalue weighted by molar-refractivity contribution is 0.133. The quantitative estimate of drug-likeness (QED) is 0.598. The summed E-state index contributed by atoms with van der Waals surface area (Å²) >= 11 is 0. The van der Waals surface area contributed by atoms with Crippen LogP contribution in [0.3, 0.4) is 0 Å². The molecule has 1 atom stereocenters. The van der Waals surface area contributed by atoms with E-state index in [1.807, 2.05) is 38.5 Å². The van der Waals surface area contributed by atoms with Crippen LogP contribution in [0, 0.1) is 0 Å². The fourth-order valence-corrected chi connectivity index (χ4v) is 1.49. The van der Waals surface area contributed by atoms with Crippen molar-refractivity contribution in [3.05, 3.63) is 24.2 Å². The number of aliphatic hydroxyl groups is 1. The number of hydrogen-bond acceptors (Lipinski definition) is 5. The summed E-state index contributed by atoms with van der Waals surface area (Å²) in [7, 11) is 5.55. The molecular formula is C11H21N5O. The van der Waals surface area contributed by atoms with Gasteiger partial charge in [-0.05, 0) is 6.92 Å². The van der Waals surface area contributed by atoms with Crippen molar-refractivity contribution in [1.29, 1.82) is 0 Å². The zero-order valence-electron chi connectivity index (χ0n) is 10.8. The van der Waals surface area contributed by atoms with Gasteiger partial charge in [-0.15, -0.1) is 0 Å². The van der Waals surface area contributed by atoms with Crippen LogP contribution in [0.5, 0.6) is 0 Å². The maximum atomic E-state index is 9.37. The van der Waals surface area contributed by atoms with Gasteiger partial charge in [-0.3, -0.25) is 4.68 Å². The summed E-state index contributed by atoms with van der Waals surface area (Å²) in [5.41, 5.74) is 4.94. The van der Waals surface area contributed by atoms with Crippen LogP contribution in [0.15, 0.2) is 18.6 Å². The molecule has 6 nitrogen and oxygen atoms in total. The normalized spacial score (nSPS) is 13.6. The van der Waals surface area contributed by atoms with Crippen molar-refractivity contribution in [2.45, 2.75) is 13.0 Å². The highest BCUT2D eigenvalue weighted by atomic mass is 16.3. The Morgan fingerprint density at radius 3 is 2.76 bits per heavy atom. The monoisotopic (exact) mass is 239 g/mol. The largest absolute Gasteiger partial charge is 0.392 e. The Hall–Kier alpha value is -1.53. The topological polar surface area (TPSA) is 65.3 Å². The van der Waals surface area contributed by atoms with Crippen molar-refractivity contribution in [3.8, 4) is 0 Å². The first kappa shape index (κ1) is 13.5. The van der Waals surface area contributed by atoms with E-state index in [1.54, 1.807) is 17.8 Å². The third-order valence-corrected chi connectivity index (χ3v) is 2.32. The Balaban J connectivity index is 2.84. The summed E-state index contributed by atoms with van der Waals surface area (Å²) < 4.78 is 1.75. The molecule has 0 amide bonds. The summed E-state index contributed by atoms with van der Waals surface area (Å²) in [6, 6.07) is 0. The summed E-state index contributed by atoms with van der Waals surface area (Å²) in [5.74, 6) is 0. The van der Waals surface area contributed by atoms with E-state index in [0.29, 0.717) is 6.54 Å². The van der Waals surface area contributed by atoms with Gasteiger partial charge in [0.1, 0.15) is 0 Å². The molecule has 0 saturated heterocycles. The molecule has 0 aliphatic carbocycles. The molecule has 0 aliphatic rings. The van der Waals surface area contributed by atoms with Crippen LogP contribution in [0.4, 0.5) is 0 Å². The zero-order valence-corrected chi connectivity index (χ0v) is 10.8. The van der Waals surface area contributed by atoms with Gasteiger partial charge < -0.3 is 15.4 Å². The van der Waals surface area contributed by atoms with Gasteiger partial charge in [-0.25, -0.2) is 5.43 Å². The lowest BCUT2D eigenvalue weighted by atomic mass is 10.2. The number of aliphatic hydroxyl groups excluding tert-OH is 1. The van der Waals surface area contributed by atoms with Crippen molar-refractivity contribution < 1.29 is 5.11 Å². The smallest absolute Gasteiger partial charge is 0.0702 e. The molecule has 1 unspecified atom stereocenters. The number of aryl methyl sites for hydroxylation is 1. The number of aromatic nitrogens is 2. The van der Waals surface area contributed by atoms with Gasteiger partial charge >= 0.3 is 0 Å². The van der Waals surface area contributed by atoms with E-state index in [0.717, 1.165) is 11.3 Å². The number of hydrogen-bond donors (Lipinski definition) is 3. The molecule has 0 fully saturated rings. The molecule has 0 saturated carbocycles. The predicted octanol–water partition coefficient (Wildman–Crippen LogP) is -0.245. The van der Waals surface area contributed by atoms with Crippen molar-refractivity contribution in [2.75, 3.05) is 20.6 Å². The maximum Gasteiger partial charge on any atom is 0.0702 e. The molecule has 96 valence electrons. The van der Waals surface area contributed by atoms with Crippen LogP contribution in [0.1, 0.15) is 12.5 Å². The lowest BCUT2D eigenvalue weighted by Gasteiger charge is -2.22. The number of nitrogens with one attached hydrogen (secondary N) is 2. The average Bonchev–Trinajstić information content (AvgIpc) is 2.70. The van der Waals surface area contributed by atoms with Gasteiger partial charge in [0, 0.05) is 39.1 Å². The van der Waals surface area contributed by atoms with Crippen LogP contribution in [-0.4, -0.2) is 46.6 Å². The van der Waals surface area contributed by atoms with Crippen LogP contribution in [0.2, 0.25) is 0 Å². The Kier molecular flexibility index (Phi) is 4.99. The first-order valence-corrected chi connectivity index (χ1v) is 5.57. The van der Waals surface area contributed by atoms with Crippen molar-refractivity contribution in [1.82, 2.24) is 25.5 Å². The molecule has 1 aromatic rings. The fraction of sp³-hybridized carbons (Fsp3) is 0.545. The molecular weight excluding hydrogens is 218 g/mol. The van der Waals surface area contributed by atoms with E-state index in [9.17, 15) is 5.11 Å². The van der Waals surface area contributed by atoms with E-state index in [4.69, 9.17) is 0 Å². The van der Waals surface area contributed by atoms with Crippen molar-refractivity contribution >= 4 is 5.70 Å². The van der Waals surface area contributed by atoms with Crippen LogP contribution >= 0.6 is 0 Å². The molecule has 0 spiro atoms. The summed E-state index contributed by atoms with van der Waals surface area (Å²) in [4.78, 5) is 0. The molecule has 0 bridgehead atoms. The summed E-state index contributed by atoms with van der Waals surface area (Å²) in [6.45, 7) is 2.27. The SMILES string of the molecule is CN/C(=C\N(CC(C)O)NC)c1cnn(C)c1. The highest BCUT2D eigenvalue weighted by Gasteiger charge is 2.06. The van der Waals surface area contributed by atoms with Crippen LogP contribution < -0.4 is 10.7 Å². The number of rotatable bonds is 6. The molecule has 0 aliphatic heterocycles. The van der Waals surface area contributed by atoms with Gasteiger partial charge in [-0.2, -0.15) is 5.10 Å². The first-order chi connectivity index (χ1) is 8.06. The Morgan fingerprint density at radius 1 is 1.65 bits per heavy atom. The standard InChI is InChI=1S/C11H21N5O/c1-9(17)6-16(13-3)8-11(12-2)10-5-14-15(4)7-10/h5,7-9,12-13,17H,6H2,1-4H3/b11-8-. The minimum Gasteiger partial charge on any atom is -0.392 e. The van der Waals surface area contributed by atoms with Gasteiger partial charge in [0.15, 0.2) is 0 Å². The van der Waals surface area contributed by atoms with E-state index in [-0.39, 0.29) is 0 Å². The van der Waals surface area contributed by atoms with Crippen LogP contribution in [-0.2, 0) is 7.05 Å². The summed E-state index contributed by atoms with van der Waals surface area (Å²) in [5, 5.41) is 18.4. The van der Waals surface area contributed by atoms with Gasteiger partial charge in [-0.1, -0.05) is 0 Å². The molecule has 17 heavy (non-hydrogen) atoms. The second-order valence-corrected chi connectivity index (χ2v) is 3.92. The second kappa shape index (κ2) is 6.27. The predicted molar refractivity (Wildman–Crippen MR) is 67.7 cm³/mol. The minimum atomic E-state index is -0.397. The number of nitrogens with zero attached hydrogens (tertiary/aromatic N) is 3. The van der Waals surface area contributed by atoms with Gasteiger partial charge in [0.25, 0.3) is 0 Å². The highest BCUT2D eigenvalue weighted by Crippen LogP contribution is 2.10. The molecule has 1 heterocycles. The van der Waals surface area contributed by atoms with Crippen molar-refractivity contribution in [2.24, 2.45) is 7.05 Å². The average molecular weight is 239 g/mol. The molecule has 0 aromatic carbocycles. The maximum absolute atomic E-state index is 9.37.